The van der Waals surface area contributed by atoms with Gasteiger partial charge in [0.25, 0.3) is 5.91 Å². The fourth-order valence-electron chi connectivity index (χ4n) is 3.38. The van der Waals surface area contributed by atoms with E-state index in [0.29, 0.717) is 36.8 Å². The molecule has 0 bridgehead atoms. The summed E-state index contributed by atoms with van der Waals surface area (Å²) in [6, 6.07) is 5.26. The van der Waals surface area contributed by atoms with E-state index in [1.807, 2.05) is 30.6 Å². The summed E-state index contributed by atoms with van der Waals surface area (Å²) in [5.74, 6) is 1.40. The van der Waals surface area contributed by atoms with Crippen LogP contribution in [0, 0.1) is 5.92 Å². The first-order chi connectivity index (χ1) is 12.5. The minimum Gasteiger partial charge on any atom is -0.493 e. The van der Waals surface area contributed by atoms with Crippen LogP contribution in [0.25, 0.3) is 0 Å². The number of carbonyl (C=O) groups is 2. The standard InChI is InChI=1S/C20H30N2O4/c1-5-21(6-2)19(23)15-10-12-22(13-11-15)20(24)16-8-9-17(26-7-3)18(14-16)25-4/h8-9,14-15H,5-7,10-13H2,1-4H3. The highest BCUT2D eigenvalue weighted by Crippen LogP contribution is 2.29. The summed E-state index contributed by atoms with van der Waals surface area (Å²) in [5, 5.41) is 0. The molecule has 1 aromatic carbocycles. The second kappa shape index (κ2) is 9.46. The number of hydrogen-bond donors (Lipinski definition) is 0. The highest BCUT2D eigenvalue weighted by Gasteiger charge is 2.30. The minimum absolute atomic E-state index is 0.0221. The van der Waals surface area contributed by atoms with Gasteiger partial charge in [0.05, 0.1) is 13.7 Å². The van der Waals surface area contributed by atoms with Crippen LogP contribution in [0.2, 0.25) is 0 Å². The van der Waals surface area contributed by atoms with E-state index in [1.165, 1.54) is 0 Å². The predicted octanol–water partition coefficient (Wildman–Crippen LogP) is 2.81. The Morgan fingerprint density at radius 2 is 1.77 bits per heavy atom. The van der Waals surface area contributed by atoms with E-state index in [2.05, 4.69) is 0 Å². The molecule has 0 atom stereocenters. The highest BCUT2D eigenvalue weighted by atomic mass is 16.5. The number of likely N-dealkylation sites (tertiary alicyclic amines) is 1. The molecule has 1 aliphatic rings. The van der Waals surface area contributed by atoms with Gasteiger partial charge in [-0.05, 0) is 51.8 Å². The molecule has 1 fully saturated rings. The molecule has 144 valence electrons. The van der Waals surface area contributed by atoms with Crippen molar-refractivity contribution in [2.45, 2.75) is 33.6 Å². The molecule has 6 nitrogen and oxygen atoms in total. The van der Waals surface area contributed by atoms with Gasteiger partial charge in [-0.3, -0.25) is 9.59 Å². The van der Waals surface area contributed by atoms with Gasteiger partial charge < -0.3 is 19.3 Å². The van der Waals surface area contributed by atoms with Gasteiger partial charge in [0, 0.05) is 37.7 Å². The Morgan fingerprint density at radius 3 is 2.31 bits per heavy atom. The van der Waals surface area contributed by atoms with Gasteiger partial charge in [-0.25, -0.2) is 0 Å². The van der Waals surface area contributed by atoms with Gasteiger partial charge in [-0.1, -0.05) is 0 Å². The fraction of sp³-hybridized carbons (Fsp3) is 0.600. The Bertz CT molecular complexity index is 620. The van der Waals surface area contributed by atoms with Crippen molar-refractivity contribution in [1.82, 2.24) is 9.80 Å². The first-order valence-corrected chi connectivity index (χ1v) is 9.44. The predicted molar refractivity (Wildman–Crippen MR) is 101 cm³/mol. The Hall–Kier alpha value is -2.24. The van der Waals surface area contributed by atoms with E-state index < -0.39 is 0 Å². The van der Waals surface area contributed by atoms with Gasteiger partial charge in [-0.15, -0.1) is 0 Å². The number of carbonyl (C=O) groups excluding carboxylic acids is 2. The van der Waals surface area contributed by atoms with E-state index in [1.54, 1.807) is 25.3 Å². The molecule has 0 N–H and O–H groups in total. The summed E-state index contributed by atoms with van der Waals surface area (Å²) in [5.41, 5.74) is 0.582. The van der Waals surface area contributed by atoms with Crippen molar-refractivity contribution in [3.05, 3.63) is 23.8 Å². The maximum atomic E-state index is 12.8. The van der Waals surface area contributed by atoms with Crippen LogP contribution in [0.3, 0.4) is 0 Å². The summed E-state index contributed by atoms with van der Waals surface area (Å²) in [4.78, 5) is 29.0. The number of methoxy groups -OCH3 is 1. The molecule has 1 saturated heterocycles. The summed E-state index contributed by atoms with van der Waals surface area (Å²) >= 11 is 0. The molecule has 0 unspecified atom stereocenters. The largest absolute Gasteiger partial charge is 0.493 e. The topological polar surface area (TPSA) is 59.1 Å². The average Bonchev–Trinajstić information content (AvgIpc) is 2.69. The third kappa shape index (κ3) is 4.48. The second-order valence-electron chi connectivity index (χ2n) is 6.38. The molecule has 0 aliphatic carbocycles. The molecule has 2 amide bonds. The van der Waals surface area contributed by atoms with Gasteiger partial charge in [-0.2, -0.15) is 0 Å². The Labute approximate surface area is 156 Å². The van der Waals surface area contributed by atoms with Crippen LogP contribution in [0.5, 0.6) is 11.5 Å². The zero-order valence-electron chi connectivity index (χ0n) is 16.3. The van der Waals surface area contributed by atoms with E-state index in [9.17, 15) is 9.59 Å². The fourth-order valence-corrected chi connectivity index (χ4v) is 3.38. The number of rotatable bonds is 7. The summed E-state index contributed by atoms with van der Waals surface area (Å²) in [6.07, 6.45) is 1.43. The van der Waals surface area contributed by atoms with E-state index in [0.717, 1.165) is 25.9 Å². The van der Waals surface area contributed by atoms with Crippen molar-refractivity contribution < 1.29 is 19.1 Å². The molecule has 0 aromatic heterocycles. The number of piperidine rings is 1. The molecule has 6 heteroatoms. The maximum absolute atomic E-state index is 12.8. The van der Waals surface area contributed by atoms with Gasteiger partial charge in [0.1, 0.15) is 0 Å². The van der Waals surface area contributed by atoms with Crippen molar-refractivity contribution >= 4 is 11.8 Å². The minimum atomic E-state index is -0.0277. The van der Waals surface area contributed by atoms with Crippen LogP contribution >= 0.6 is 0 Å². The molecule has 2 rings (SSSR count). The number of nitrogens with zero attached hydrogens (tertiary/aromatic N) is 2. The first-order valence-electron chi connectivity index (χ1n) is 9.44. The lowest BCUT2D eigenvalue weighted by molar-refractivity contribution is -0.136. The Morgan fingerprint density at radius 1 is 1.12 bits per heavy atom. The molecule has 0 saturated carbocycles. The lowest BCUT2D eigenvalue weighted by Gasteiger charge is -2.33. The van der Waals surface area contributed by atoms with Gasteiger partial charge >= 0.3 is 0 Å². The number of ether oxygens (including phenoxy) is 2. The second-order valence-corrected chi connectivity index (χ2v) is 6.38. The monoisotopic (exact) mass is 362 g/mol. The third-order valence-corrected chi connectivity index (χ3v) is 4.92. The summed E-state index contributed by atoms with van der Waals surface area (Å²) in [6.45, 7) is 9.12. The number of hydrogen-bond acceptors (Lipinski definition) is 4. The van der Waals surface area contributed by atoms with E-state index >= 15 is 0 Å². The van der Waals surface area contributed by atoms with Crippen molar-refractivity contribution in [2.24, 2.45) is 5.92 Å². The molecule has 1 heterocycles. The van der Waals surface area contributed by atoms with Gasteiger partial charge in [0.15, 0.2) is 11.5 Å². The van der Waals surface area contributed by atoms with Crippen LogP contribution < -0.4 is 9.47 Å². The summed E-state index contributed by atoms with van der Waals surface area (Å²) in [7, 11) is 1.57. The van der Waals surface area contributed by atoms with Crippen LogP contribution in [-0.4, -0.2) is 61.5 Å². The van der Waals surface area contributed by atoms with Gasteiger partial charge in [0.2, 0.25) is 5.91 Å². The maximum Gasteiger partial charge on any atom is 0.253 e. The summed E-state index contributed by atoms with van der Waals surface area (Å²) < 4.78 is 10.8. The first kappa shape index (κ1) is 20.1. The van der Waals surface area contributed by atoms with Crippen molar-refractivity contribution in [1.29, 1.82) is 0 Å². The Kier molecular flexibility index (Phi) is 7.30. The molecular weight excluding hydrogens is 332 g/mol. The zero-order valence-corrected chi connectivity index (χ0v) is 16.3. The quantitative estimate of drug-likeness (QED) is 0.748. The van der Waals surface area contributed by atoms with Crippen molar-refractivity contribution in [3.63, 3.8) is 0 Å². The molecule has 0 spiro atoms. The lowest BCUT2D eigenvalue weighted by atomic mass is 9.94. The molecule has 1 aliphatic heterocycles. The van der Waals surface area contributed by atoms with Crippen LogP contribution in [-0.2, 0) is 4.79 Å². The average molecular weight is 362 g/mol. The number of amides is 2. The van der Waals surface area contributed by atoms with Crippen molar-refractivity contribution in [3.8, 4) is 11.5 Å². The molecule has 1 aromatic rings. The van der Waals surface area contributed by atoms with Crippen LogP contribution in [0.1, 0.15) is 44.0 Å². The SMILES string of the molecule is CCOc1ccc(C(=O)N2CCC(C(=O)N(CC)CC)CC2)cc1OC. The van der Waals surface area contributed by atoms with E-state index in [4.69, 9.17) is 9.47 Å². The van der Waals surface area contributed by atoms with E-state index in [-0.39, 0.29) is 17.7 Å². The molecular formula is C20H30N2O4. The Balaban J connectivity index is 2.01. The van der Waals surface area contributed by atoms with Crippen molar-refractivity contribution in [2.75, 3.05) is 39.9 Å². The normalized spacial score (nSPS) is 14.8. The zero-order chi connectivity index (χ0) is 19.1. The number of benzene rings is 1. The lowest BCUT2D eigenvalue weighted by Crippen LogP contribution is -2.44. The highest BCUT2D eigenvalue weighted by molar-refractivity contribution is 5.95. The van der Waals surface area contributed by atoms with Crippen LogP contribution in [0.15, 0.2) is 18.2 Å². The smallest absolute Gasteiger partial charge is 0.253 e. The third-order valence-electron chi connectivity index (χ3n) is 4.92. The molecule has 26 heavy (non-hydrogen) atoms. The van der Waals surface area contributed by atoms with Crippen LogP contribution in [0.4, 0.5) is 0 Å². The molecule has 0 radical (unpaired) electrons.